The Bertz CT molecular complexity index is 1150. The van der Waals surface area contributed by atoms with Gasteiger partial charge in [0.2, 0.25) is 0 Å². The molecule has 0 radical (unpaired) electrons. The normalized spacial score (nSPS) is 17.8. The van der Waals surface area contributed by atoms with Gasteiger partial charge in [-0.05, 0) is 58.4 Å². The summed E-state index contributed by atoms with van der Waals surface area (Å²) in [6.07, 6.45) is 7.13. The van der Waals surface area contributed by atoms with Crippen LogP contribution < -0.4 is 10.6 Å². The molecule has 170 valence electrons. The van der Waals surface area contributed by atoms with Crippen LogP contribution in [0.15, 0.2) is 22.9 Å². The molecule has 0 unspecified atom stereocenters. The molecule has 1 aliphatic heterocycles. The molecule has 3 heterocycles. The van der Waals surface area contributed by atoms with Crippen LogP contribution in [0.3, 0.4) is 0 Å². The van der Waals surface area contributed by atoms with Gasteiger partial charge in [0.25, 0.3) is 0 Å². The molecule has 2 N–H and O–H groups in total. The van der Waals surface area contributed by atoms with Gasteiger partial charge in [-0.25, -0.2) is 4.79 Å². The topological polar surface area (TPSA) is 88.2 Å². The summed E-state index contributed by atoms with van der Waals surface area (Å²) in [5, 5.41) is 15.8. The second-order valence-electron chi connectivity index (χ2n) is 9.72. The number of fused-ring (bicyclic) bond motifs is 4. The second kappa shape index (κ2) is 7.92. The number of urea groups is 1. The van der Waals surface area contributed by atoms with Gasteiger partial charge in [0, 0.05) is 17.0 Å². The van der Waals surface area contributed by atoms with Crippen molar-refractivity contribution in [3.05, 3.63) is 41.2 Å². The standard InChI is InChI=1S/C24H32N6O2/c1-15(2)30-14-25-28-19(30)13-29(4)12-18-11-17-10-16(3)21-20(22(17)32-18)24(27-23(31)26-21)8-6-5-7-9-24/h10-11,14-15H,5-9,12-13H2,1-4H3,(H2,26,27,31). The third-order valence-corrected chi connectivity index (χ3v) is 6.87. The number of anilines is 1. The van der Waals surface area contributed by atoms with Crippen molar-refractivity contribution in [2.24, 2.45) is 0 Å². The molecule has 1 aliphatic carbocycles. The first-order valence-electron chi connectivity index (χ1n) is 11.6. The van der Waals surface area contributed by atoms with E-state index in [4.69, 9.17) is 4.42 Å². The van der Waals surface area contributed by atoms with Crippen LogP contribution in [0.25, 0.3) is 11.0 Å². The fraction of sp³-hybridized carbons (Fsp3) is 0.542. The molecule has 0 saturated heterocycles. The van der Waals surface area contributed by atoms with Crippen LogP contribution in [0.5, 0.6) is 0 Å². The van der Waals surface area contributed by atoms with E-state index >= 15 is 0 Å². The maximum absolute atomic E-state index is 12.5. The fourth-order valence-corrected chi connectivity index (χ4v) is 5.40. The lowest BCUT2D eigenvalue weighted by molar-refractivity contribution is 0.208. The van der Waals surface area contributed by atoms with Crippen molar-refractivity contribution >= 4 is 22.7 Å². The summed E-state index contributed by atoms with van der Waals surface area (Å²) in [6, 6.07) is 4.48. The van der Waals surface area contributed by atoms with Crippen molar-refractivity contribution in [2.75, 3.05) is 12.4 Å². The number of rotatable bonds is 5. The Labute approximate surface area is 188 Å². The van der Waals surface area contributed by atoms with Crippen molar-refractivity contribution < 1.29 is 9.21 Å². The van der Waals surface area contributed by atoms with Gasteiger partial charge in [-0.3, -0.25) is 4.90 Å². The van der Waals surface area contributed by atoms with Gasteiger partial charge in [0.15, 0.2) is 0 Å². The quantitative estimate of drug-likeness (QED) is 0.597. The van der Waals surface area contributed by atoms with Gasteiger partial charge in [-0.15, -0.1) is 10.2 Å². The monoisotopic (exact) mass is 436 g/mol. The number of aromatic nitrogens is 3. The van der Waals surface area contributed by atoms with E-state index in [0.717, 1.165) is 65.1 Å². The minimum Gasteiger partial charge on any atom is -0.459 e. The summed E-state index contributed by atoms with van der Waals surface area (Å²) in [5.74, 6) is 1.86. The molecule has 8 nitrogen and oxygen atoms in total. The van der Waals surface area contributed by atoms with Crippen molar-refractivity contribution in [3.8, 4) is 0 Å². The van der Waals surface area contributed by atoms with E-state index in [0.29, 0.717) is 19.1 Å². The van der Waals surface area contributed by atoms with Gasteiger partial charge in [0.1, 0.15) is 23.5 Å². The largest absolute Gasteiger partial charge is 0.459 e. The van der Waals surface area contributed by atoms with Crippen LogP contribution >= 0.6 is 0 Å². The number of nitrogens with one attached hydrogen (secondary N) is 2. The van der Waals surface area contributed by atoms with Gasteiger partial charge in [0.05, 0.1) is 24.3 Å². The van der Waals surface area contributed by atoms with E-state index in [1.54, 1.807) is 6.33 Å². The van der Waals surface area contributed by atoms with Crippen LogP contribution in [0.4, 0.5) is 10.5 Å². The minimum absolute atomic E-state index is 0.109. The molecule has 1 spiro atoms. The molecule has 1 fully saturated rings. The smallest absolute Gasteiger partial charge is 0.319 e. The molecule has 1 saturated carbocycles. The number of aryl methyl sites for hydroxylation is 1. The number of carbonyl (C=O) groups excluding carboxylic acids is 1. The average Bonchev–Trinajstić information content (AvgIpc) is 3.35. The molecule has 2 aliphatic rings. The summed E-state index contributed by atoms with van der Waals surface area (Å²) < 4.78 is 8.57. The zero-order valence-electron chi connectivity index (χ0n) is 19.4. The molecular formula is C24H32N6O2. The summed E-state index contributed by atoms with van der Waals surface area (Å²) in [4.78, 5) is 14.7. The van der Waals surface area contributed by atoms with Crippen LogP contribution in [-0.4, -0.2) is 32.7 Å². The molecule has 32 heavy (non-hydrogen) atoms. The van der Waals surface area contributed by atoms with E-state index in [1.807, 2.05) is 0 Å². The predicted octanol–water partition coefficient (Wildman–Crippen LogP) is 4.84. The lowest BCUT2D eigenvalue weighted by Crippen LogP contribution is -2.52. The van der Waals surface area contributed by atoms with E-state index in [9.17, 15) is 4.79 Å². The molecular weight excluding hydrogens is 404 g/mol. The summed E-state index contributed by atoms with van der Waals surface area (Å²) in [7, 11) is 2.07. The van der Waals surface area contributed by atoms with Crippen LogP contribution in [0.2, 0.25) is 0 Å². The highest BCUT2D eigenvalue weighted by Gasteiger charge is 2.43. The van der Waals surface area contributed by atoms with E-state index < -0.39 is 0 Å². The molecule has 2 amide bonds. The first-order valence-corrected chi connectivity index (χ1v) is 11.6. The van der Waals surface area contributed by atoms with E-state index in [1.165, 1.54) is 6.42 Å². The number of benzene rings is 1. The Balaban J connectivity index is 1.49. The maximum Gasteiger partial charge on any atom is 0.319 e. The number of furan rings is 1. The highest BCUT2D eigenvalue weighted by atomic mass is 16.3. The third-order valence-electron chi connectivity index (χ3n) is 6.87. The lowest BCUT2D eigenvalue weighted by Gasteiger charge is -2.43. The molecule has 8 heteroatoms. The first kappa shape index (κ1) is 21.0. The fourth-order valence-electron chi connectivity index (χ4n) is 5.40. The highest BCUT2D eigenvalue weighted by molar-refractivity contribution is 6.00. The molecule has 0 atom stereocenters. The van der Waals surface area contributed by atoms with Crippen LogP contribution in [0, 0.1) is 6.92 Å². The number of hydrogen-bond donors (Lipinski definition) is 2. The lowest BCUT2D eigenvalue weighted by atomic mass is 9.74. The second-order valence-corrected chi connectivity index (χ2v) is 9.72. The van der Waals surface area contributed by atoms with Crippen molar-refractivity contribution in [3.63, 3.8) is 0 Å². The molecule has 2 aromatic heterocycles. The Hall–Kier alpha value is -2.87. The number of nitrogens with zero attached hydrogens (tertiary/aromatic N) is 4. The van der Waals surface area contributed by atoms with Gasteiger partial charge < -0.3 is 19.6 Å². The van der Waals surface area contributed by atoms with E-state index in [2.05, 4.69) is 70.2 Å². The maximum atomic E-state index is 12.5. The van der Waals surface area contributed by atoms with Crippen LogP contribution in [-0.2, 0) is 18.6 Å². The van der Waals surface area contributed by atoms with Crippen molar-refractivity contribution in [2.45, 2.75) is 77.5 Å². The van der Waals surface area contributed by atoms with Gasteiger partial charge >= 0.3 is 6.03 Å². The Kier molecular flexibility index (Phi) is 5.20. The summed E-state index contributed by atoms with van der Waals surface area (Å²) in [5.41, 5.74) is 3.68. The average molecular weight is 437 g/mol. The van der Waals surface area contributed by atoms with Gasteiger partial charge in [-0.2, -0.15) is 0 Å². The summed E-state index contributed by atoms with van der Waals surface area (Å²) in [6.45, 7) is 7.68. The zero-order valence-corrected chi connectivity index (χ0v) is 19.4. The van der Waals surface area contributed by atoms with Gasteiger partial charge in [-0.1, -0.05) is 19.3 Å². The van der Waals surface area contributed by atoms with Crippen LogP contribution in [0.1, 0.15) is 74.7 Å². The minimum atomic E-state index is -0.338. The molecule has 0 bridgehead atoms. The first-order chi connectivity index (χ1) is 15.4. The number of hydrogen-bond acceptors (Lipinski definition) is 5. The zero-order chi connectivity index (χ0) is 22.5. The van der Waals surface area contributed by atoms with E-state index in [-0.39, 0.29) is 11.6 Å². The number of amides is 2. The SMILES string of the molecule is Cc1cc2cc(CN(C)Cc3nncn3C(C)C)oc2c2c1NC(=O)NC21CCCCC1. The molecule has 5 rings (SSSR count). The Morgan fingerprint density at radius 2 is 2.00 bits per heavy atom. The summed E-state index contributed by atoms with van der Waals surface area (Å²) >= 11 is 0. The molecule has 1 aromatic carbocycles. The number of carbonyl (C=O) groups is 1. The molecule has 3 aromatic rings. The third kappa shape index (κ3) is 3.56. The Morgan fingerprint density at radius 1 is 1.22 bits per heavy atom. The highest BCUT2D eigenvalue weighted by Crippen LogP contribution is 2.47. The van der Waals surface area contributed by atoms with Crippen molar-refractivity contribution in [1.29, 1.82) is 0 Å². The predicted molar refractivity (Wildman–Crippen MR) is 123 cm³/mol. The van der Waals surface area contributed by atoms with Crippen molar-refractivity contribution in [1.82, 2.24) is 25.0 Å². The Morgan fingerprint density at radius 3 is 2.75 bits per heavy atom.